The average molecular weight is 498 g/mol. The maximum Gasteiger partial charge on any atom is 0.172 e. The molecule has 6 heterocycles. The third-order valence-electron chi connectivity index (χ3n) is 14.1. The van der Waals surface area contributed by atoms with E-state index in [2.05, 4.69) is 32.6 Å². The van der Waals surface area contributed by atoms with Gasteiger partial charge in [-0.2, -0.15) is 0 Å². The molecule has 9 rings (SSSR count). The minimum absolute atomic E-state index is 0.0414. The number of carbonyl (C=O) groups excluding carboxylic acids is 1. The van der Waals surface area contributed by atoms with Gasteiger partial charge in [-0.15, -0.1) is 0 Å². The first kappa shape index (κ1) is 23.4. The lowest BCUT2D eigenvalue weighted by molar-refractivity contribution is -0.298. The number of hydrogen-bond acceptors (Lipinski definition) is 5. The summed E-state index contributed by atoms with van der Waals surface area (Å²) < 4.78 is 20.1. The second-order valence-corrected chi connectivity index (χ2v) is 15.6. The lowest BCUT2D eigenvalue weighted by Crippen LogP contribution is -2.80. The van der Waals surface area contributed by atoms with Crippen LogP contribution in [-0.2, 0) is 19.0 Å². The molecule has 12 atom stereocenters. The summed E-state index contributed by atoms with van der Waals surface area (Å²) in [6, 6.07) is 0.566. The molecule has 0 aromatic rings. The van der Waals surface area contributed by atoms with E-state index in [4.69, 9.17) is 14.2 Å². The molecule has 5 unspecified atom stereocenters. The van der Waals surface area contributed by atoms with Gasteiger partial charge in [0, 0.05) is 36.4 Å². The van der Waals surface area contributed by atoms with Gasteiger partial charge in [0.05, 0.1) is 23.7 Å². The largest absolute Gasteiger partial charge is 0.363 e. The molecule has 9 fully saturated rings. The number of ether oxygens (including phenoxy) is 3. The monoisotopic (exact) mass is 497 g/mol. The Morgan fingerprint density at radius 1 is 0.972 bits per heavy atom. The zero-order valence-corrected chi connectivity index (χ0v) is 23.2. The number of piperidine rings is 2. The predicted molar refractivity (Wildman–Crippen MR) is 136 cm³/mol. The normalized spacial score (nSPS) is 62.4. The molecule has 3 saturated carbocycles. The summed E-state index contributed by atoms with van der Waals surface area (Å²) >= 11 is 0. The fourth-order valence-electron chi connectivity index (χ4n) is 12.5. The van der Waals surface area contributed by atoms with Crippen molar-refractivity contribution in [3.05, 3.63) is 0 Å². The van der Waals surface area contributed by atoms with Crippen molar-refractivity contribution in [3.63, 3.8) is 0 Å². The van der Waals surface area contributed by atoms with E-state index in [1.165, 1.54) is 58.0 Å². The van der Waals surface area contributed by atoms with Crippen LogP contribution in [-0.4, -0.2) is 60.0 Å². The van der Waals surface area contributed by atoms with Gasteiger partial charge in [-0.3, -0.25) is 9.69 Å². The molecule has 5 heteroatoms. The fraction of sp³-hybridized carbons (Fsp3) is 0.968. The quantitative estimate of drug-likeness (QED) is 0.526. The van der Waals surface area contributed by atoms with E-state index >= 15 is 0 Å². The number of Topliss-reactive ketones (excluding diaryl/α,β-unsaturated/α-hetero) is 1. The van der Waals surface area contributed by atoms with E-state index in [-0.39, 0.29) is 39.8 Å². The Balaban J connectivity index is 1.27. The lowest BCUT2D eigenvalue weighted by Gasteiger charge is -2.75. The van der Waals surface area contributed by atoms with Gasteiger partial charge in [0.1, 0.15) is 6.10 Å². The van der Waals surface area contributed by atoms with Crippen LogP contribution in [0.3, 0.4) is 0 Å². The SMILES string of the molecule is CC(C)[C@H]1CC[C@@]2(C)[C@@H]3CC[C@]45CCC[C@]46OC(C(=O)C4(C)COC7(C)CCC4O7)C[C@@]62[C@H]1N(C3)C5. The highest BCUT2D eigenvalue weighted by atomic mass is 16.7. The van der Waals surface area contributed by atoms with E-state index in [0.717, 1.165) is 25.2 Å². The highest BCUT2D eigenvalue weighted by Gasteiger charge is 2.85. The van der Waals surface area contributed by atoms with E-state index < -0.39 is 11.2 Å². The molecule has 0 aromatic carbocycles. The van der Waals surface area contributed by atoms with Gasteiger partial charge < -0.3 is 14.2 Å². The maximum absolute atomic E-state index is 14.6. The molecule has 36 heavy (non-hydrogen) atoms. The topological polar surface area (TPSA) is 48.0 Å². The molecule has 5 nitrogen and oxygen atoms in total. The van der Waals surface area contributed by atoms with Crippen molar-refractivity contribution >= 4 is 5.78 Å². The van der Waals surface area contributed by atoms with E-state index in [1.54, 1.807) is 0 Å². The molecule has 0 N–H and O–H groups in total. The van der Waals surface area contributed by atoms with Crippen LogP contribution in [0.15, 0.2) is 0 Å². The van der Waals surface area contributed by atoms with Gasteiger partial charge in [-0.25, -0.2) is 0 Å². The molecule has 6 saturated heterocycles. The summed E-state index contributed by atoms with van der Waals surface area (Å²) in [5.41, 5.74) is -0.133. The second-order valence-electron chi connectivity index (χ2n) is 15.6. The first-order valence-electron chi connectivity index (χ1n) is 15.3. The van der Waals surface area contributed by atoms with E-state index in [1.807, 2.05) is 6.92 Å². The summed E-state index contributed by atoms with van der Waals surface area (Å²) in [6.07, 6.45) is 11.4. The first-order chi connectivity index (χ1) is 17.0. The van der Waals surface area contributed by atoms with Gasteiger partial charge >= 0.3 is 0 Å². The molecule has 200 valence electrons. The number of rotatable bonds is 3. The van der Waals surface area contributed by atoms with Crippen molar-refractivity contribution in [3.8, 4) is 0 Å². The molecule has 0 aromatic heterocycles. The summed E-state index contributed by atoms with van der Waals surface area (Å²) in [6.45, 7) is 14.7. The minimum atomic E-state index is -0.603. The molecule has 0 radical (unpaired) electrons. The Kier molecular flexibility index (Phi) is 4.42. The fourth-order valence-corrected chi connectivity index (χ4v) is 12.5. The average Bonchev–Trinajstić information content (AvgIpc) is 3.43. The summed E-state index contributed by atoms with van der Waals surface area (Å²) in [7, 11) is 0. The molecule has 8 bridgehead atoms. The van der Waals surface area contributed by atoms with Crippen LogP contribution in [0, 0.1) is 39.4 Å². The number of hydrogen-bond donors (Lipinski definition) is 0. The van der Waals surface area contributed by atoms with Crippen LogP contribution < -0.4 is 0 Å². The Morgan fingerprint density at radius 2 is 1.81 bits per heavy atom. The zero-order valence-electron chi connectivity index (χ0n) is 23.2. The molecular formula is C31H47NO4. The summed E-state index contributed by atoms with van der Waals surface area (Å²) in [5.74, 6) is 1.91. The van der Waals surface area contributed by atoms with Crippen LogP contribution in [0.25, 0.3) is 0 Å². The number of nitrogens with zero attached hydrogens (tertiary/aromatic N) is 1. The van der Waals surface area contributed by atoms with Gasteiger partial charge in [-0.1, -0.05) is 20.8 Å². The summed E-state index contributed by atoms with van der Waals surface area (Å²) in [4.78, 5) is 17.6. The van der Waals surface area contributed by atoms with Crippen LogP contribution >= 0.6 is 0 Å². The van der Waals surface area contributed by atoms with Crippen LogP contribution in [0.1, 0.15) is 98.8 Å². The van der Waals surface area contributed by atoms with Crippen molar-refractivity contribution < 1.29 is 19.0 Å². The number of fused-ring (bicyclic) bond motifs is 3. The Labute approximate surface area is 217 Å². The van der Waals surface area contributed by atoms with Crippen molar-refractivity contribution in [2.75, 3.05) is 19.7 Å². The van der Waals surface area contributed by atoms with E-state index in [0.29, 0.717) is 24.5 Å². The molecule has 6 aliphatic heterocycles. The van der Waals surface area contributed by atoms with Crippen LogP contribution in [0.2, 0.25) is 0 Å². The van der Waals surface area contributed by atoms with E-state index in [9.17, 15) is 4.79 Å². The van der Waals surface area contributed by atoms with Crippen LogP contribution in [0.4, 0.5) is 0 Å². The van der Waals surface area contributed by atoms with Crippen molar-refractivity contribution in [2.24, 2.45) is 39.4 Å². The Hall–Kier alpha value is -0.490. The zero-order chi connectivity index (χ0) is 24.9. The molecule has 9 aliphatic rings. The van der Waals surface area contributed by atoms with Crippen molar-refractivity contribution in [1.82, 2.24) is 4.90 Å². The molecular weight excluding hydrogens is 450 g/mol. The number of ketones is 1. The van der Waals surface area contributed by atoms with Crippen LogP contribution in [0.5, 0.6) is 0 Å². The second kappa shape index (κ2) is 6.80. The first-order valence-corrected chi connectivity index (χ1v) is 15.3. The third kappa shape index (κ3) is 2.32. The van der Waals surface area contributed by atoms with Gasteiger partial charge in [0.2, 0.25) is 0 Å². The lowest BCUT2D eigenvalue weighted by atomic mass is 9.37. The molecule has 0 amide bonds. The Morgan fingerprint density at radius 3 is 2.61 bits per heavy atom. The highest BCUT2D eigenvalue weighted by molar-refractivity contribution is 5.90. The minimum Gasteiger partial charge on any atom is -0.363 e. The standard InChI is InChI=1S/C31H47NO4/c1-19(2)21-8-12-27(4)20-7-14-29-10-6-11-31(29)30(27,24(21)32(16-20)17-29)15-22(35-31)25(33)26(3)18-34-28(5)13-9-23(26)36-28/h19-24H,6-18H2,1-5H3/t20-,21-,22?,23?,24+,26?,27+,28?,29+,30+,31+/m1/s1. The van der Waals surface area contributed by atoms with Gasteiger partial charge in [0.15, 0.2) is 11.6 Å². The van der Waals surface area contributed by atoms with Crippen molar-refractivity contribution in [1.29, 1.82) is 0 Å². The van der Waals surface area contributed by atoms with Gasteiger partial charge in [-0.05, 0) is 94.8 Å². The number of carbonyl (C=O) groups is 1. The Bertz CT molecular complexity index is 1010. The molecule has 3 aliphatic carbocycles. The smallest absolute Gasteiger partial charge is 0.172 e. The third-order valence-corrected chi connectivity index (χ3v) is 14.1. The maximum atomic E-state index is 14.6. The highest BCUT2D eigenvalue weighted by Crippen LogP contribution is 2.82. The predicted octanol–water partition coefficient (Wildman–Crippen LogP) is 5.35. The molecule has 3 spiro atoms. The van der Waals surface area contributed by atoms with Gasteiger partial charge in [0.25, 0.3) is 0 Å². The van der Waals surface area contributed by atoms with Crippen molar-refractivity contribution in [2.45, 2.75) is 128 Å². The summed E-state index contributed by atoms with van der Waals surface area (Å²) in [5, 5.41) is 0.